The molecule has 0 spiro atoms. The molecule has 0 N–H and O–H groups in total. The number of hydrogen-bond acceptors (Lipinski definition) is 4. The number of thiophene rings is 1. The smallest absolute Gasteiger partial charge is 0.143 e. The third-order valence-corrected chi connectivity index (χ3v) is 14.6. The lowest BCUT2D eigenvalue weighted by molar-refractivity contribution is 0.603. The Morgan fingerprint density at radius 1 is 0.448 bits per heavy atom. The first-order valence-electron chi connectivity index (χ1n) is 20.2. The molecular formula is C54H37NO2S. The highest BCUT2D eigenvalue weighted by Gasteiger charge is 2.47. The molecule has 0 saturated carbocycles. The van der Waals surface area contributed by atoms with E-state index < -0.39 is 0 Å². The zero-order chi connectivity index (χ0) is 38.7. The lowest BCUT2D eigenvalue weighted by Crippen LogP contribution is -2.38. The summed E-state index contributed by atoms with van der Waals surface area (Å²) in [4.78, 5) is 2.59. The molecule has 0 unspecified atom stereocenters. The monoisotopic (exact) mass is 763 g/mol. The minimum Gasteiger partial charge on any atom is -0.455 e. The van der Waals surface area contributed by atoms with Crippen LogP contribution in [0.2, 0.25) is 0 Å². The molecule has 0 aliphatic carbocycles. The van der Waals surface area contributed by atoms with Gasteiger partial charge in [0.25, 0.3) is 0 Å². The number of anilines is 3. The van der Waals surface area contributed by atoms with E-state index in [4.69, 9.17) is 8.83 Å². The van der Waals surface area contributed by atoms with E-state index >= 15 is 0 Å². The number of fused-ring (bicyclic) bond motifs is 14. The molecule has 3 aromatic heterocycles. The average Bonchev–Trinajstić information content (AvgIpc) is 3.94. The number of para-hydroxylation sites is 4. The Morgan fingerprint density at radius 2 is 0.966 bits per heavy atom. The molecule has 2 aliphatic heterocycles. The fraction of sp³-hybridized carbons (Fsp3) is 0.111. The van der Waals surface area contributed by atoms with Crippen LogP contribution in [0.3, 0.4) is 0 Å². The lowest BCUT2D eigenvalue weighted by atomic mass is 9.65. The Hall–Kier alpha value is -6.62. The number of furan rings is 2. The molecule has 0 fully saturated rings. The number of hydrogen-bond donors (Lipinski definition) is 0. The number of benzene rings is 8. The third-order valence-electron chi connectivity index (χ3n) is 13.4. The fourth-order valence-electron chi connectivity index (χ4n) is 10.5. The predicted octanol–water partition coefficient (Wildman–Crippen LogP) is 15.9. The Labute approximate surface area is 339 Å². The van der Waals surface area contributed by atoms with E-state index in [1.54, 1.807) is 0 Å². The van der Waals surface area contributed by atoms with Gasteiger partial charge in [0.1, 0.15) is 22.3 Å². The van der Waals surface area contributed by atoms with Gasteiger partial charge < -0.3 is 13.7 Å². The van der Waals surface area contributed by atoms with Crippen LogP contribution in [0, 0.1) is 0 Å². The maximum Gasteiger partial charge on any atom is 0.143 e. The Bertz CT molecular complexity index is 3580. The van der Waals surface area contributed by atoms with Crippen molar-refractivity contribution in [2.45, 2.75) is 38.5 Å². The Balaban J connectivity index is 1.09. The van der Waals surface area contributed by atoms with Crippen molar-refractivity contribution in [2.75, 3.05) is 4.90 Å². The molecule has 3 nitrogen and oxygen atoms in total. The molecule has 276 valence electrons. The van der Waals surface area contributed by atoms with Gasteiger partial charge in [0.05, 0.1) is 17.1 Å². The summed E-state index contributed by atoms with van der Waals surface area (Å²) < 4.78 is 15.9. The highest BCUT2D eigenvalue weighted by Crippen LogP contribution is 2.63. The van der Waals surface area contributed by atoms with Crippen molar-refractivity contribution in [1.82, 2.24) is 0 Å². The second kappa shape index (κ2) is 11.1. The molecule has 58 heavy (non-hydrogen) atoms. The lowest BCUT2D eigenvalue weighted by Gasteiger charge is -2.50. The van der Waals surface area contributed by atoms with Crippen molar-refractivity contribution in [3.8, 4) is 22.3 Å². The summed E-state index contributed by atoms with van der Waals surface area (Å²) in [7, 11) is 0. The van der Waals surface area contributed by atoms with Gasteiger partial charge >= 0.3 is 0 Å². The summed E-state index contributed by atoms with van der Waals surface area (Å²) in [5.74, 6) is 0. The van der Waals surface area contributed by atoms with Gasteiger partial charge in [-0.15, -0.1) is 11.3 Å². The van der Waals surface area contributed by atoms with E-state index in [2.05, 4.69) is 172 Å². The molecule has 0 amide bonds. The predicted molar refractivity (Wildman–Crippen MR) is 244 cm³/mol. The maximum atomic E-state index is 6.59. The molecule has 0 radical (unpaired) electrons. The molecular weight excluding hydrogens is 727 g/mol. The molecule has 2 aliphatic rings. The van der Waals surface area contributed by atoms with Crippen LogP contribution in [0.25, 0.3) is 86.3 Å². The Morgan fingerprint density at radius 3 is 1.57 bits per heavy atom. The summed E-state index contributed by atoms with van der Waals surface area (Å²) in [6.07, 6.45) is 0. The topological polar surface area (TPSA) is 29.5 Å². The van der Waals surface area contributed by atoms with Gasteiger partial charge in [-0.25, -0.2) is 0 Å². The quantitative estimate of drug-likeness (QED) is 0.176. The molecule has 0 atom stereocenters. The van der Waals surface area contributed by atoms with Crippen LogP contribution in [0.4, 0.5) is 17.1 Å². The standard InChI is InChI=1S/C54H37NO2S/c1-53(2)40-27-30(32-16-11-18-37-34-13-5-8-20-45(34)56-50(32)37)23-25-43(40)55-44-26-24-31(33-17-12-19-38-35-14-6-9-21-46(35)57-51(33)38)28-41(44)54(3,4)48-49(55)42(53)29-39-36-15-7-10-22-47(36)58-52(39)48/h5-29H,1-4H3. The van der Waals surface area contributed by atoms with Crippen LogP contribution < -0.4 is 4.90 Å². The van der Waals surface area contributed by atoms with Gasteiger partial charge in [-0.3, -0.25) is 0 Å². The summed E-state index contributed by atoms with van der Waals surface area (Å²) in [5.41, 5.74) is 16.8. The van der Waals surface area contributed by atoms with E-state index in [0.29, 0.717) is 0 Å². The van der Waals surface area contributed by atoms with Crippen molar-refractivity contribution >= 4 is 92.4 Å². The van der Waals surface area contributed by atoms with Gasteiger partial charge in [-0.1, -0.05) is 131 Å². The van der Waals surface area contributed by atoms with Gasteiger partial charge in [0, 0.05) is 69.2 Å². The van der Waals surface area contributed by atoms with E-state index in [1.165, 1.54) is 59.5 Å². The van der Waals surface area contributed by atoms with Gasteiger partial charge in [0.2, 0.25) is 0 Å². The molecule has 8 aromatic carbocycles. The summed E-state index contributed by atoms with van der Waals surface area (Å²) in [6, 6.07) is 55.5. The SMILES string of the molecule is CC1(C)c2cc(-c3cccc4c3oc3ccccc34)ccc2N2c3ccc(-c4cccc5c4oc4ccccc45)cc3C(C)(C)c3c2c1cc1c3sc2ccccc21. The molecule has 0 saturated heterocycles. The first kappa shape index (κ1) is 32.5. The second-order valence-electron chi connectivity index (χ2n) is 17.2. The highest BCUT2D eigenvalue weighted by molar-refractivity contribution is 7.26. The van der Waals surface area contributed by atoms with Crippen molar-refractivity contribution in [3.05, 3.63) is 174 Å². The zero-order valence-electron chi connectivity index (χ0n) is 32.6. The number of rotatable bonds is 2. The van der Waals surface area contributed by atoms with Gasteiger partial charge in [-0.05, 0) is 76.3 Å². The molecule has 5 heterocycles. The minimum atomic E-state index is -0.307. The van der Waals surface area contributed by atoms with Gasteiger partial charge in [-0.2, -0.15) is 0 Å². The van der Waals surface area contributed by atoms with Gasteiger partial charge in [0.15, 0.2) is 0 Å². The summed E-state index contributed by atoms with van der Waals surface area (Å²) in [6.45, 7) is 9.72. The van der Waals surface area contributed by atoms with E-state index in [9.17, 15) is 0 Å². The van der Waals surface area contributed by atoms with Crippen LogP contribution in [0.5, 0.6) is 0 Å². The van der Waals surface area contributed by atoms with Crippen molar-refractivity contribution in [2.24, 2.45) is 0 Å². The van der Waals surface area contributed by atoms with E-state index in [1.807, 2.05) is 23.5 Å². The highest BCUT2D eigenvalue weighted by atomic mass is 32.1. The van der Waals surface area contributed by atoms with Crippen molar-refractivity contribution in [3.63, 3.8) is 0 Å². The van der Waals surface area contributed by atoms with Crippen LogP contribution in [0.1, 0.15) is 49.9 Å². The first-order chi connectivity index (χ1) is 28.3. The minimum absolute atomic E-state index is 0.296. The molecule has 13 rings (SSSR count). The molecule has 11 aromatic rings. The summed E-state index contributed by atoms with van der Waals surface area (Å²) in [5, 5.41) is 7.26. The van der Waals surface area contributed by atoms with Crippen molar-refractivity contribution in [1.29, 1.82) is 0 Å². The van der Waals surface area contributed by atoms with Crippen LogP contribution in [0.15, 0.2) is 160 Å². The van der Waals surface area contributed by atoms with E-state index in [-0.39, 0.29) is 10.8 Å². The normalized spacial score (nSPS) is 15.1. The van der Waals surface area contributed by atoms with E-state index in [0.717, 1.165) is 66.1 Å². The number of nitrogens with zero attached hydrogens (tertiary/aromatic N) is 1. The maximum absolute atomic E-state index is 6.59. The summed E-state index contributed by atoms with van der Waals surface area (Å²) >= 11 is 1.94. The third kappa shape index (κ3) is 4.08. The Kier molecular flexibility index (Phi) is 6.19. The molecule has 4 heteroatoms. The van der Waals surface area contributed by atoms with Crippen LogP contribution in [-0.2, 0) is 10.8 Å². The zero-order valence-corrected chi connectivity index (χ0v) is 33.4. The average molecular weight is 764 g/mol. The fourth-order valence-corrected chi connectivity index (χ4v) is 11.9. The second-order valence-corrected chi connectivity index (χ2v) is 18.3. The van der Waals surface area contributed by atoms with Crippen LogP contribution in [-0.4, -0.2) is 0 Å². The van der Waals surface area contributed by atoms with Crippen molar-refractivity contribution < 1.29 is 8.83 Å². The largest absolute Gasteiger partial charge is 0.455 e. The first-order valence-corrected chi connectivity index (χ1v) is 21.0. The molecule has 0 bridgehead atoms. The van der Waals surface area contributed by atoms with Crippen LogP contribution >= 0.6 is 11.3 Å².